The smallest absolute Gasteiger partial charge is 0.399 e. The second-order valence-corrected chi connectivity index (χ2v) is 8.01. The first-order chi connectivity index (χ1) is 11.7. The maximum atomic E-state index is 6.13. The number of nitrogens with two attached hydrogens (primary N) is 1. The van der Waals surface area contributed by atoms with Gasteiger partial charge in [0.1, 0.15) is 5.82 Å². The fourth-order valence-electron chi connectivity index (χ4n) is 2.51. The van der Waals surface area contributed by atoms with Crippen LogP contribution in [0.25, 0.3) is 0 Å². The van der Waals surface area contributed by atoms with E-state index in [2.05, 4.69) is 49.3 Å². The second kappa shape index (κ2) is 6.44. The number of nitrogens with zero attached hydrogens (tertiary/aromatic N) is 2. The molecule has 6 nitrogen and oxygen atoms in total. The first-order valence-electron chi connectivity index (χ1n) is 8.14. The van der Waals surface area contributed by atoms with E-state index in [1.165, 1.54) is 11.3 Å². The Kier molecular flexibility index (Phi) is 4.61. The Morgan fingerprint density at radius 2 is 1.92 bits per heavy atom. The zero-order valence-electron chi connectivity index (χ0n) is 15.2. The molecule has 25 heavy (non-hydrogen) atoms. The number of hydrazone groups is 1. The Hall–Kier alpha value is -1.90. The fraction of sp³-hybridized carbons (Fsp3) is 0.412. The third-order valence-electron chi connectivity index (χ3n) is 4.70. The molecule has 0 radical (unpaired) electrons. The van der Waals surface area contributed by atoms with Crippen molar-refractivity contribution in [1.29, 1.82) is 0 Å². The van der Waals surface area contributed by atoms with Crippen molar-refractivity contribution >= 4 is 41.1 Å². The Morgan fingerprint density at radius 3 is 2.48 bits per heavy atom. The van der Waals surface area contributed by atoms with Gasteiger partial charge in [-0.2, -0.15) is 5.10 Å². The molecule has 1 saturated heterocycles. The topological polar surface area (TPSA) is 81.8 Å². The maximum Gasteiger partial charge on any atom is 0.495 e. The van der Waals surface area contributed by atoms with Gasteiger partial charge in [-0.1, -0.05) is 23.8 Å². The molecule has 8 heteroatoms. The molecule has 1 aromatic carbocycles. The molecule has 0 spiro atoms. The summed E-state index contributed by atoms with van der Waals surface area (Å²) in [6, 6.07) is 6.08. The monoisotopic (exact) mass is 358 g/mol. The van der Waals surface area contributed by atoms with Gasteiger partial charge in [-0.05, 0) is 45.6 Å². The molecular formula is C17H23BN4O2S. The number of benzene rings is 1. The highest BCUT2D eigenvalue weighted by Crippen LogP contribution is 2.36. The van der Waals surface area contributed by atoms with Gasteiger partial charge >= 0.3 is 7.12 Å². The Labute approximate surface area is 152 Å². The zero-order chi connectivity index (χ0) is 18.2. The number of aromatic nitrogens is 1. The van der Waals surface area contributed by atoms with Gasteiger partial charge < -0.3 is 15.0 Å². The van der Waals surface area contributed by atoms with Gasteiger partial charge in [0.25, 0.3) is 0 Å². The molecule has 1 fully saturated rings. The maximum absolute atomic E-state index is 6.13. The molecule has 0 bridgehead atoms. The van der Waals surface area contributed by atoms with Crippen molar-refractivity contribution in [1.82, 2.24) is 4.98 Å². The molecule has 2 heterocycles. The lowest BCUT2D eigenvalue weighted by Gasteiger charge is -2.32. The van der Waals surface area contributed by atoms with Gasteiger partial charge in [-0.3, -0.25) is 5.43 Å². The van der Waals surface area contributed by atoms with E-state index in [1.807, 2.05) is 19.1 Å². The Morgan fingerprint density at radius 1 is 1.24 bits per heavy atom. The average molecular weight is 358 g/mol. The van der Waals surface area contributed by atoms with Crippen LogP contribution < -0.4 is 16.6 Å². The van der Waals surface area contributed by atoms with Crippen LogP contribution in [0.2, 0.25) is 0 Å². The molecule has 2 aromatic rings. The van der Waals surface area contributed by atoms with Crippen molar-refractivity contribution in [2.24, 2.45) is 5.10 Å². The van der Waals surface area contributed by atoms with E-state index in [0.717, 1.165) is 16.6 Å². The SMILES string of the molecule is Cc1cc(C=NNc2nc(N)cs2)ccc1B1OC(C)(C)C(C)(C)O1. The summed E-state index contributed by atoms with van der Waals surface area (Å²) in [7, 11) is -0.354. The number of aryl methyl sites for hydroxylation is 1. The minimum Gasteiger partial charge on any atom is -0.399 e. The van der Waals surface area contributed by atoms with Gasteiger partial charge in [0.05, 0.1) is 17.4 Å². The van der Waals surface area contributed by atoms with Crippen LogP contribution >= 0.6 is 11.3 Å². The minimum atomic E-state index is -0.354. The van der Waals surface area contributed by atoms with Crippen LogP contribution in [0.1, 0.15) is 38.8 Å². The van der Waals surface area contributed by atoms with E-state index in [-0.39, 0.29) is 18.3 Å². The number of nitrogen functional groups attached to an aromatic ring is 1. The molecule has 3 rings (SSSR count). The van der Waals surface area contributed by atoms with Gasteiger partial charge in [0.15, 0.2) is 0 Å². The fourth-order valence-corrected chi connectivity index (χ4v) is 3.06. The van der Waals surface area contributed by atoms with Crippen LogP contribution in [0.15, 0.2) is 28.7 Å². The van der Waals surface area contributed by atoms with Crippen LogP contribution in [0, 0.1) is 6.92 Å². The van der Waals surface area contributed by atoms with Crippen molar-refractivity contribution in [3.05, 3.63) is 34.7 Å². The summed E-state index contributed by atoms with van der Waals surface area (Å²) in [4.78, 5) is 4.09. The molecule has 0 unspecified atom stereocenters. The molecule has 1 aromatic heterocycles. The lowest BCUT2D eigenvalue weighted by Crippen LogP contribution is -2.41. The highest BCUT2D eigenvalue weighted by Gasteiger charge is 2.51. The summed E-state index contributed by atoms with van der Waals surface area (Å²) < 4.78 is 12.3. The minimum absolute atomic E-state index is 0.344. The summed E-state index contributed by atoms with van der Waals surface area (Å²) in [5, 5.41) is 6.63. The average Bonchev–Trinajstić information content (AvgIpc) is 3.00. The summed E-state index contributed by atoms with van der Waals surface area (Å²) in [5.74, 6) is 0.491. The number of nitrogens with one attached hydrogen (secondary N) is 1. The molecule has 0 saturated carbocycles. The molecule has 0 aliphatic carbocycles. The van der Waals surface area contributed by atoms with E-state index < -0.39 is 0 Å². The van der Waals surface area contributed by atoms with E-state index in [4.69, 9.17) is 15.0 Å². The van der Waals surface area contributed by atoms with Crippen LogP contribution in [-0.4, -0.2) is 29.5 Å². The van der Waals surface area contributed by atoms with Crippen molar-refractivity contribution in [3.63, 3.8) is 0 Å². The Balaban J connectivity index is 1.71. The quantitative estimate of drug-likeness (QED) is 0.499. The lowest BCUT2D eigenvalue weighted by atomic mass is 9.76. The number of rotatable bonds is 4. The van der Waals surface area contributed by atoms with E-state index >= 15 is 0 Å². The van der Waals surface area contributed by atoms with Gasteiger partial charge in [0.2, 0.25) is 5.13 Å². The first kappa shape index (κ1) is 17.9. The van der Waals surface area contributed by atoms with Crippen molar-refractivity contribution in [2.75, 3.05) is 11.2 Å². The third-order valence-corrected chi connectivity index (χ3v) is 5.46. The zero-order valence-corrected chi connectivity index (χ0v) is 16.0. The van der Waals surface area contributed by atoms with Gasteiger partial charge in [-0.15, -0.1) is 11.3 Å². The molecule has 1 aliphatic heterocycles. The lowest BCUT2D eigenvalue weighted by molar-refractivity contribution is 0.00578. The van der Waals surface area contributed by atoms with Crippen molar-refractivity contribution < 1.29 is 9.31 Å². The molecule has 132 valence electrons. The molecule has 1 aliphatic rings. The third kappa shape index (κ3) is 3.71. The summed E-state index contributed by atoms with van der Waals surface area (Å²) >= 11 is 1.41. The molecule has 3 N–H and O–H groups in total. The number of hydrogen-bond donors (Lipinski definition) is 2. The standard InChI is InChI=1S/C17H23BN4O2S/c1-11-8-12(9-20-22-15-21-14(19)10-25-15)6-7-13(11)18-23-16(2,3)17(4,5)24-18/h6-10H,19H2,1-5H3,(H,21,22). The molecule has 0 atom stereocenters. The largest absolute Gasteiger partial charge is 0.495 e. The van der Waals surface area contributed by atoms with Crippen LogP contribution in [0.4, 0.5) is 10.9 Å². The number of anilines is 2. The van der Waals surface area contributed by atoms with Crippen molar-refractivity contribution in [3.8, 4) is 0 Å². The first-order valence-corrected chi connectivity index (χ1v) is 9.02. The van der Waals surface area contributed by atoms with Crippen LogP contribution in [0.5, 0.6) is 0 Å². The van der Waals surface area contributed by atoms with E-state index in [9.17, 15) is 0 Å². The van der Waals surface area contributed by atoms with Gasteiger partial charge in [0, 0.05) is 5.38 Å². The highest BCUT2D eigenvalue weighted by molar-refractivity contribution is 7.14. The van der Waals surface area contributed by atoms with E-state index in [1.54, 1.807) is 11.6 Å². The van der Waals surface area contributed by atoms with Crippen LogP contribution in [-0.2, 0) is 9.31 Å². The Bertz CT molecular complexity index is 788. The molecule has 0 amide bonds. The number of hydrogen-bond acceptors (Lipinski definition) is 7. The highest BCUT2D eigenvalue weighted by atomic mass is 32.1. The summed E-state index contributed by atoms with van der Waals surface area (Å²) in [5.41, 5.74) is 10.9. The van der Waals surface area contributed by atoms with Gasteiger partial charge in [-0.25, -0.2) is 4.98 Å². The normalized spacial score (nSPS) is 18.8. The molecular weight excluding hydrogens is 335 g/mol. The predicted molar refractivity (Wildman–Crippen MR) is 105 cm³/mol. The van der Waals surface area contributed by atoms with E-state index in [0.29, 0.717) is 10.9 Å². The number of thiazole rings is 1. The summed E-state index contributed by atoms with van der Waals surface area (Å²) in [6.07, 6.45) is 1.75. The van der Waals surface area contributed by atoms with Crippen LogP contribution in [0.3, 0.4) is 0 Å². The second-order valence-electron chi connectivity index (χ2n) is 7.15. The summed E-state index contributed by atoms with van der Waals surface area (Å²) in [6.45, 7) is 10.3. The van der Waals surface area contributed by atoms with Crippen molar-refractivity contribution in [2.45, 2.75) is 45.8 Å². The predicted octanol–water partition coefficient (Wildman–Crippen LogP) is 2.78.